The summed E-state index contributed by atoms with van der Waals surface area (Å²) < 4.78 is 70.4. The lowest BCUT2D eigenvalue weighted by molar-refractivity contribution is -0.00272. The third-order valence-corrected chi connectivity index (χ3v) is 6.19. The lowest BCUT2D eigenvalue weighted by Gasteiger charge is -2.19. The van der Waals surface area contributed by atoms with E-state index in [1.165, 1.54) is 0 Å². The number of hydrogen-bond donors (Lipinski definition) is 0. The van der Waals surface area contributed by atoms with Gasteiger partial charge in [-0.25, -0.2) is 0 Å². The average Bonchev–Trinajstić information content (AvgIpc) is 2.96. The van der Waals surface area contributed by atoms with Gasteiger partial charge in [0.2, 0.25) is 0 Å². The van der Waals surface area contributed by atoms with E-state index in [0.717, 1.165) is 22.3 Å². The molecular weight excluding hydrogens is 528 g/mol. The monoisotopic (exact) mass is 576 g/mol. The Balaban J connectivity index is 1.84. The van der Waals surface area contributed by atoms with Crippen LogP contribution in [0.1, 0.15) is 0 Å². The van der Waals surface area contributed by atoms with Crippen molar-refractivity contribution in [1.82, 2.24) is 0 Å². The van der Waals surface area contributed by atoms with Gasteiger partial charge in [-0.1, -0.05) is 0 Å². The molecule has 0 saturated carbocycles. The molecular formula is C28H48O12. The highest BCUT2D eigenvalue weighted by Crippen LogP contribution is 2.11. The first kappa shape index (κ1) is 33.5. The van der Waals surface area contributed by atoms with E-state index in [9.17, 15) is 0 Å². The standard InChI is InChI=1S/C28H48O12/c1-9-33-17-25-18-35-11-3-30-6-14-38-22-27(19-34-10-2-29-1)28-23-39-15-7-31-4-12-36-20-26(25)21-37-13-5-32-8-16-40-24-28/h1-24H2. The van der Waals surface area contributed by atoms with Crippen molar-refractivity contribution in [2.45, 2.75) is 0 Å². The molecule has 0 unspecified atom stereocenters. The largest absolute Gasteiger partial charge is 0.377 e. The van der Waals surface area contributed by atoms with Crippen molar-refractivity contribution >= 4 is 0 Å². The maximum absolute atomic E-state index is 5.94. The van der Waals surface area contributed by atoms with Crippen LogP contribution >= 0.6 is 0 Å². The first-order valence-corrected chi connectivity index (χ1v) is 14.3. The van der Waals surface area contributed by atoms with Crippen LogP contribution in [0.15, 0.2) is 22.3 Å². The van der Waals surface area contributed by atoms with Crippen LogP contribution in [0.5, 0.6) is 0 Å². The van der Waals surface area contributed by atoms with Gasteiger partial charge in [0.15, 0.2) is 0 Å². The molecule has 6 aliphatic heterocycles. The molecule has 6 heterocycles. The highest BCUT2D eigenvalue weighted by atomic mass is 16.6. The van der Waals surface area contributed by atoms with E-state index in [1.54, 1.807) is 0 Å². The van der Waals surface area contributed by atoms with Gasteiger partial charge in [-0.3, -0.25) is 0 Å². The van der Waals surface area contributed by atoms with Crippen molar-refractivity contribution in [2.75, 3.05) is 159 Å². The molecule has 12 nitrogen and oxygen atoms in total. The van der Waals surface area contributed by atoms with Crippen LogP contribution in [0.3, 0.4) is 0 Å². The quantitative estimate of drug-likeness (QED) is 0.381. The summed E-state index contributed by atoms with van der Waals surface area (Å²) in [6.45, 7) is 10.3. The fraction of sp³-hybridized carbons (Fsp3) is 0.857. The Morgan fingerprint density at radius 1 is 0.175 bits per heavy atom. The Bertz CT molecular complexity index is 537. The summed E-state index contributed by atoms with van der Waals surface area (Å²) in [5, 5.41) is 0. The third-order valence-electron chi connectivity index (χ3n) is 6.19. The molecule has 0 aromatic heterocycles. The van der Waals surface area contributed by atoms with E-state index in [1.807, 2.05) is 0 Å². The van der Waals surface area contributed by atoms with Crippen molar-refractivity contribution in [1.29, 1.82) is 0 Å². The molecule has 0 aliphatic carbocycles. The second kappa shape index (κ2) is 23.6. The minimum Gasteiger partial charge on any atom is -0.377 e. The molecule has 0 amide bonds. The Kier molecular flexibility index (Phi) is 19.7. The first-order valence-electron chi connectivity index (χ1n) is 14.3. The van der Waals surface area contributed by atoms with E-state index in [0.29, 0.717) is 159 Å². The van der Waals surface area contributed by atoms with Gasteiger partial charge < -0.3 is 56.8 Å². The zero-order chi connectivity index (χ0) is 27.8. The van der Waals surface area contributed by atoms with Crippen LogP contribution in [0.25, 0.3) is 0 Å². The van der Waals surface area contributed by atoms with Crippen LogP contribution in [-0.2, 0) is 56.8 Å². The molecule has 6 rings (SSSR count). The number of rotatable bonds is 0. The summed E-state index contributed by atoms with van der Waals surface area (Å²) >= 11 is 0. The van der Waals surface area contributed by atoms with Gasteiger partial charge in [0.05, 0.1) is 159 Å². The van der Waals surface area contributed by atoms with Crippen molar-refractivity contribution in [3.8, 4) is 0 Å². The molecule has 12 heteroatoms. The van der Waals surface area contributed by atoms with E-state index in [4.69, 9.17) is 56.8 Å². The predicted molar refractivity (Wildman–Crippen MR) is 144 cm³/mol. The molecule has 6 aliphatic rings. The zero-order valence-electron chi connectivity index (χ0n) is 23.9. The van der Waals surface area contributed by atoms with E-state index >= 15 is 0 Å². The van der Waals surface area contributed by atoms with E-state index in [-0.39, 0.29) is 0 Å². The van der Waals surface area contributed by atoms with Gasteiger partial charge >= 0.3 is 0 Å². The molecule has 0 atom stereocenters. The SMILES string of the molecule is C1COCC2=C3COCCOCCOCC(=C(COCCO1)COCCOCCOC2)COCCOCCOC3. The molecule has 0 aromatic carbocycles. The van der Waals surface area contributed by atoms with E-state index in [2.05, 4.69) is 0 Å². The van der Waals surface area contributed by atoms with Crippen molar-refractivity contribution in [3.05, 3.63) is 22.3 Å². The van der Waals surface area contributed by atoms with Gasteiger partial charge in [0, 0.05) is 0 Å². The second-order valence-electron chi connectivity index (χ2n) is 9.28. The minimum absolute atomic E-state index is 0.384. The van der Waals surface area contributed by atoms with Crippen molar-refractivity contribution in [2.24, 2.45) is 0 Å². The van der Waals surface area contributed by atoms with Gasteiger partial charge in [-0.2, -0.15) is 0 Å². The number of hydrogen-bond acceptors (Lipinski definition) is 12. The maximum atomic E-state index is 5.94. The summed E-state index contributed by atoms with van der Waals surface area (Å²) in [6.07, 6.45) is 0. The molecule has 0 spiro atoms. The first-order chi connectivity index (χ1) is 19.9. The average molecular weight is 577 g/mol. The molecule has 232 valence electrons. The molecule has 0 N–H and O–H groups in total. The minimum atomic E-state index is 0.384. The van der Waals surface area contributed by atoms with Gasteiger partial charge in [-0.05, 0) is 22.3 Å². The predicted octanol–water partition coefficient (Wildman–Crippen LogP) is 0.820. The second-order valence-corrected chi connectivity index (χ2v) is 9.28. The fourth-order valence-electron chi connectivity index (χ4n) is 3.90. The molecule has 0 radical (unpaired) electrons. The summed E-state index contributed by atoms with van der Waals surface area (Å²) in [5.74, 6) is 0. The highest BCUT2D eigenvalue weighted by Gasteiger charge is 2.13. The van der Waals surface area contributed by atoms with Crippen LogP contribution in [0.4, 0.5) is 0 Å². The summed E-state index contributed by atoms with van der Waals surface area (Å²) in [5.41, 5.74) is 3.90. The van der Waals surface area contributed by atoms with Crippen LogP contribution in [-0.4, -0.2) is 159 Å². The smallest absolute Gasteiger partial charge is 0.0704 e. The van der Waals surface area contributed by atoms with Crippen LogP contribution in [0.2, 0.25) is 0 Å². The molecule has 2 saturated heterocycles. The Morgan fingerprint density at radius 3 is 0.450 bits per heavy atom. The summed E-state index contributed by atoms with van der Waals surface area (Å²) in [6, 6.07) is 0. The van der Waals surface area contributed by atoms with Crippen LogP contribution in [0, 0.1) is 0 Å². The lowest BCUT2D eigenvalue weighted by atomic mass is 10.1. The summed E-state index contributed by atoms with van der Waals surface area (Å²) in [7, 11) is 0. The molecule has 0 aromatic rings. The zero-order valence-corrected chi connectivity index (χ0v) is 23.9. The van der Waals surface area contributed by atoms with E-state index < -0.39 is 0 Å². The number of ether oxygens (including phenoxy) is 12. The Hall–Kier alpha value is -1.00. The van der Waals surface area contributed by atoms with Crippen LogP contribution < -0.4 is 0 Å². The Labute approximate surface area is 238 Å². The van der Waals surface area contributed by atoms with Crippen molar-refractivity contribution in [3.63, 3.8) is 0 Å². The third kappa shape index (κ3) is 15.9. The fourth-order valence-corrected chi connectivity index (χ4v) is 3.90. The summed E-state index contributed by atoms with van der Waals surface area (Å²) in [4.78, 5) is 0. The highest BCUT2D eigenvalue weighted by molar-refractivity contribution is 5.17. The Morgan fingerprint density at radius 2 is 0.300 bits per heavy atom. The molecule has 4 bridgehead atoms. The van der Waals surface area contributed by atoms with Gasteiger partial charge in [-0.15, -0.1) is 0 Å². The van der Waals surface area contributed by atoms with Gasteiger partial charge in [0.1, 0.15) is 0 Å². The lowest BCUT2D eigenvalue weighted by Crippen LogP contribution is -2.22. The molecule has 40 heavy (non-hydrogen) atoms. The maximum Gasteiger partial charge on any atom is 0.0704 e. The van der Waals surface area contributed by atoms with Gasteiger partial charge in [0.25, 0.3) is 0 Å². The van der Waals surface area contributed by atoms with Crippen molar-refractivity contribution < 1.29 is 56.8 Å². The topological polar surface area (TPSA) is 111 Å². The molecule has 2 fully saturated rings. The normalized spacial score (nSPS) is 25.2.